The number of halogens is 9. The molecule has 20 heteroatoms. The summed E-state index contributed by atoms with van der Waals surface area (Å²) in [6.45, 7) is 9.37. The highest BCUT2D eigenvalue weighted by Gasteiger charge is 2.41. The number of nitrogens with zero attached hydrogens (tertiary/aromatic N) is 3. The highest BCUT2D eigenvalue weighted by Crippen LogP contribution is 2.31. The number of alkyl halides is 9. The molecule has 46 heavy (non-hydrogen) atoms. The Bertz CT molecular complexity index is 1020. The van der Waals surface area contributed by atoms with E-state index in [-0.39, 0.29) is 5.60 Å². The molecule has 0 saturated carbocycles. The molecule has 11 nitrogen and oxygen atoms in total. The zero-order valence-electron chi connectivity index (χ0n) is 24.2. The van der Waals surface area contributed by atoms with Crippen LogP contribution in [0.1, 0.15) is 31.4 Å². The largest absolute Gasteiger partial charge is 0.490 e. The molecule has 0 atom stereocenters. The molecule has 264 valence electrons. The van der Waals surface area contributed by atoms with Crippen LogP contribution in [-0.4, -0.2) is 125 Å². The minimum atomic E-state index is -5.08. The van der Waals surface area contributed by atoms with Crippen molar-refractivity contribution < 1.29 is 78.7 Å². The first-order chi connectivity index (χ1) is 21.1. The zero-order chi connectivity index (χ0) is 35.2. The standard InChI is InChI=1S/C20H31N3O2.3C2HF3O2/c1-2-8-21-19(3-1)16-23-11-14-25-20(17-23)6-9-22(10-7-20)15-18-4-12-24-13-5-18;3*3-2(4,5)1(6)7/h1-3,8,18H,4-7,9-17H2;3*(H,6,7). The molecule has 0 aliphatic carbocycles. The van der Waals surface area contributed by atoms with E-state index in [0.717, 1.165) is 63.9 Å². The normalized spacial score (nSPS) is 19.3. The number of pyridine rings is 1. The number of aliphatic carboxylic acids is 3. The quantitative estimate of drug-likeness (QED) is 0.394. The molecule has 3 saturated heterocycles. The van der Waals surface area contributed by atoms with Gasteiger partial charge in [-0.15, -0.1) is 0 Å². The number of hydrogen-bond donors (Lipinski definition) is 3. The highest BCUT2D eigenvalue weighted by atomic mass is 19.4. The Kier molecular flexibility index (Phi) is 16.1. The molecular weight excluding hydrogens is 653 g/mol. The third-order valence-electron chi connectivity index (χ3n) is 6.79. The Balaban J connectivity index is 0.000000413. The number of ether oxygens (including phenoxy) is 2. The van der Waals surface area contributed by atoms with Crippen LogP contribution in [0.25, 0.3) is 0 Å². The van der Waals surface area contributed by atoms with Crippen molar-refractivity contribution in [1.29, 1.82) is 0 Å². The van der Waals surface area contributed by atoms with Crippen LogP contribution < -0.4 is 0 Å². The lowest BCUT2D eigenvalue weighted by Gasteiger charge is -2.47. The van der Waals surface area contributed by atoms with Gasteiger partial charge < -0.3 is 29.7 Å². The van der Waals surface area contributed by atoms with Crippen LogP contribution in [0.15, 0.2) is 24.4 Å². The molecule has 1 aromatic heterocycles. The predicted molar refractivity (Wildman–Crippen MR) is 138 cm³/mol. The lowest BCUT2D eigenvalue weighted by molar-refractivity contribution is -0.193. The van der Waals surface area contributed by atoms with Crippen molar-refractivity contribution in [3.63, 3.8) is 0 Å². The lowest BCUT2D eigenvalue weighted by atomic mass is 9.88. The Morgan fingerprint density at radius 2 is 1.26 bits per heavy atom. The summed E-state index contributed by atoms with van der Waals surface area (Å²) in [5.41, 5.74) is 1.23. The SMILES string of the molecule is O=C(O)C(F)(F)F.O=C(O)C(F)(F)F.O=C(O)C(F)(F)F.c1ccc(CN2CCOC3(CCN(CC4CCOCC4)CC3)C2)nc1. The van der Waals surface area contributed by atoms with Gasteiger partial charge in [0, 0.05) is 58.7 Å². The smallest absolute Gasteiger partial charge is 0.475 e. The molecular formula is C26H34F9N3O8. The van der Waals surface area contributed by atoms with Crippen molar-refractivity contribution >= 4 is 17.9 Å². The van der Waals surface area contributed by atoms with E-state index in [1.54, 1.807) is 0 Å². The van der Waals surface area contributed by atoms with E-state index in [9.17, 15) is 39.5 Å². The number of morpholine rings is 1. The molecule has 0 amide bonds. The average Bonchev–Trinajstić information content (AvgIpc) is 2.95. The van der Waals surface area contributed by atoms with Gasteiger partial charge in [0.15, 0.2) is 0 Å². The molecule has 1 spiro atoms. The van der Waals surface area contributed by atoms with Gasteiger partial charge in [-0.2, -0.15) is 39.5 Å². The van der Waals surface area contributed by atoms with E-state index >= 15 is 0 Å². The second kappa shape index (κ2) is 18.2. The molecule has 0 radical (unpaired) electrons. The van der Waals surface area contributed by atoms with E-state index in [0.29, 0.717) is 0 Å². The fraction of sp³-hybridized carbons (Fsp3) is 0.692. The Morgan fingerprint density at radius 3 is 1.67 bits per heavy atom. The van der Waals surface area contributed by atoms with Gasteiger partial charge in [0.05, 0.1) is 17.9 Å². The monoisotopic (exact) mass is 687 g/mol. The summed E-state index contributed by atoms with van der Waals surface area (Å²) in [6, 6.07) is 6.18. The van der Waals surface area contributed by atoms with Crippen molar-refractivity contribution in [2.24, 2.45) is 5.92 Å². The van der Waals surface area contributed by atoms with E-state index in [1.807, 2.05) is 12.3 Å². The van der Waals surface area contributed by atoms with Gasteiger partial charge in [-0.25, -0.2) is 14.4 Å². The first kappa shape index (κ1) is 40.8. The number of likely N-dealkylation sites (tertiary alicyclic amines) is 1. The maximum absolute atomic E-state index is 10.6. The number of rotatable bonds is 4. The predicted octanol–water partition coefficient (Wildman–Crippen LogP) is 4.07. The van der Waals surface area contributed by atoms with Crippen LogP contribution in [0.4, 0.5) is 39.5 Å². The van der Waals surface area contributed by atoms with Gasteiger partial charge in [-0.05, 0) is 43.7 Å². The second-order valence-electron chi connectivity index (χ2n) is 10.3. The summed E-state index contributed by atoms with van der Waals surface area (Å²) in [4.78, 5) is 36.4. The number of carboxylic acid groups (broad SMARTS) is 3. The van der Waals surface area contributed by atoms with Gasteiger partial charge in [0.2, 0.25) is 0 Å². The van der Waals surface area contributed by atoms with Crippen molar-refractivity contribution in [2.75, 3.05) is 52.5 Å². The van der Waals surface area contributed by atoms with Gasteiger partial charge in [-0.1, -0.05) is 6.07 Å². The zero-order valence-corrected chi connectivity index (χ0v) is 24.2. The first-order valence-corrected chi connectivity index (χ1v) is 13.6. The van der Waals surface area contributed by atoms with E-state index in [1.165, 1.54) is 32.5 Å². The number of carbonyl (C=O) groups is 3. The fourth-order valence-corrected chi connectivity index (χ4v) is 4.52. The maximum Gasteiger partial charge on any atom is 0.490 e. The number of hydrogen-bond acceptors (Lipinski definition) is 8. The van der Waals surface area contributed by atoms with Gasteiger partial charge in [-0.3, -0.25) is 9.88 Å². The third-order valence-corrected chi connectivity index (χ3v) is 6.79. The third kappa shape index (κ3) is 16.4. The van der Waals surface area contributed by atoms with Crippen molar-refractivity contribution in [1.82, 2.24) is 14.8 Å². The van der Waals surface area contributed by atoms with E-state index in [4.69, 9.17) is 39.2 Å². The second-order valence-corrected chi connectivity index (χ2v) is 10.3. The molecule has 4 rings (SSSR count). The van der Waals surface area contributed by atoms with E-state index in [2.05, 4.69) is 26.9 Å². The summed E-state index contributed by atoms with van der Waals surface area (Å²) in [5.74, 6) is -7.44. The minimum Gasteiger partial charge on any atom is -0.475 e. The molecule has 3 aliphatic rings. The molecule has 3 aliphatic heterocycles. The summed E-state index contributed by atoms with van der Waals surface area (Å²) in [7, 11) is 0. The van der Waals surface area contributed by atoms with Gasteiger partial charge in [0.1, 0.15) is 0 Å². The molecule has 3 fully saturated rings. The summed E-state index contributed by atoms with van der Waals surface area (Å²) < 4.78 is 107. The van der Waals surface area contributed by atoms with Crippen molar-refractivity contribution in [2.45, 2.75) is 56.4 Å². The Morgan fingerprint density at radius 1 is 0.783 bits per heavy atom. The van der Waals surface area contributed by atoms with Crippen LogP contribution in [0.3, 0.4) is 0 Å². The maximum atomic E-state index is 10.6. The summed E-state index contributed by atoms with van der Waals surface area (Å²) in [5, 5.41) is 21.4. The molecule has 0 bridgehead atoms. The Labute approximate surface area is 256 Å². The summed E-state index contributed by atoms with van der Waals surface area (Å²) >= 11 is 0. The first-order valence-electron chi connectivity index (χ1n) is 13.6. The number of aromatic nitrogens is 1. The minimum absolute atomic E-state index is 0.0687. The van der Waals surface area contributed by atoms with Gasteiger partial charge >= 0.3 is 36.4 Å². The van der Waals surface area contributed by atoms with Crippen LogP contribution >= 0.6 is 0 Å². The van der Waals surface area contributed by atoms with Crippen molar-refractivity contribution in [3.8, 4) is 0 Å². The Hall–Kier alpha value is -3.23. The van der Waals surface area contributed by atoms with Gasteiger partial charge in [0.25, 0.3) is 0 Å². The lowest BCUT2D eigenvalue weighted by Crippen LogP contribution is -2.57. The van der Waals surface area contributed by atoms with Crippen molar-refractivity contribution in [3.05, 3.63) is 30.1 Å². The number of piperidine rings is 1. The van der Waals surface area contributed by atoms with Crippen LogP contribution in [-0.2, 0) is 30.4 Å². The molecule has 3 N–H and O–H groups in total. The summed E-state index contributed by atoms with van der Waals surface area (Å²) in [6.07, 6.45) is -8.57. The molecule has 4 heterocycles. The van der Waals surface area contributed by atoms with Crippen LogP contribution in [0.5, 0.6) is 0 Å². The van der Waals surface area contributed by atoms with Crippen LogP contribution in [0.2, 0.25) is 0 Å². The van der Waals surface area contributed by atoms with Crippen LogP contribution in [0, 0.1) is 5.92 Å². The highest BCUT2D eigenvalue weighted by molar-refractivity contribution is 5.73. The molecule has 0 aromatic carbocycles. The topological polar surface area (TPSA) is 150 Å². The molecule has 1 aromatic rings. The molecule has 0 unspecified atom stereocenters. The average molecular weight is 688 g/mol. The fourth-order valence-electron chi connectivity index (χ4n) is 4.52. The number of carboxylic acids is 3. The van der Waals surface area contributed by atoms with E-state index < -0.39 is 36.4 Å².